The minimum absolute atomic E-state index is 0.144. The van der Waals surface area contributed by atoms with Crippen LogP contribution in [0.15, 0.2) is 82.7 Å². The highest BCUT2D eigenvalue weighted by Crippen LogP contribution is 2.22. The summed E-state index contributed by atoms with van der Waals surface area (Å²) < 4.78 is 49.8. The number of benzene rings is 3. The van der Waals surface area contributed by atoms with Crippen molar-refractivity contribution in [2.45, 2.75) is 25.2 Å². The third-order valence-electron chi connectivity index (χ3n) is 5.82. The summed E-state index contributed by atoms with van der Waals surface area (Å²) in [6, 6.07) is 21.5. The van der Waals surface area contributed by atoms with Crippen molar-refractivity contribution in [3.8, 4) is 5.75 Å². The van der Waals surface area contributed by atoms with Gasteiger partial charge >= 0.3 is 17.0 Å². The van der Waals surface area contributed by atoms with E-state index in [4.69, 9.17) is 14.7 Å². The van der Waals surface area contributed by atoms with Crippen molar-refractivity contribution in [3.05, 3.63) is 99.2 Å². The van der Waals surface area contributed by atoms with Crippen LogP contribution < -0.4 is 9.61 Å². The Bertz CT molecular complexity index is 1530. The molecule has 1 N–H and O–H groups in total. The Kier molecular flexibility index (Phi) is 9.22. The number of halogens is 3. The highest BCUT2D eigenvalue weighted by molar-refractivity contribution is 7.16. The van der Waals surface area contributed by atoms with Crippen LogP contribution in [0.4, 0.5) is 13.2 Å². The number of rotatable bonds is 12. The number of carboxylic acids is 1. The molecule has 210 valence electrons. The van der Waals surface area contributed by atoms with Gasteiger partial charge in [-0.05, 0) is 29.8 Å². The summed E-state index contributed by atoms with van der Waals surface area (Å²) in [4.78, 5) is 28.9. The first-order chi connectivity index (χ1) is 19.1. The van der Waals surface area contributed by atoms with Crippen LogP contribution in [0.3, 0.4) is 0 Å². The van der Waals surface area contributed by atoms with Crippen molar-refractivity contribution >= 4 is 33.2 Å². The van der Waals surface area contributed by atoms with Crippen molar-refractivity contribution < 1.29 is 37.4 Å². The number of oxime groups is 1. The third-order valence-corrected chi connectivity index (χ3v) is 6.77. The van der Waals surface area contributed by atoms with Crippen LogP contribution in [-0.4, -0.2) is 54.0 Å². The predicted octanol–water partition coefficient (Wildman–Crippen LogP) is 5.12. The Morgan fingerprint density at radius 2 is 1.77 bits per heavy atom. The molecule has 0 fully saturated rings. The van der Waals surface area contributed by atoms with Gasteiger partial charge in [0.2, 0.25) is 0 Å². The number of thiazole rings is 1. The molecule has 12 heteroatoms. The van der Waals surface area contributed by atoms with Crippen molar-refractivity contribution in [1.82, 2.24) is 4.57 Å². The van der Waals surface area contributed by atoms with Gasteiger partial charge in [-0.25, -0.2) is 4.79 Å². The molecule has 4 aromatic rings. The van der Waals surface area contributed by atoms with E-state index < -0.39 is 24.9 Å². The molecule has 0 saturated heterocycles. The molecule has 0 amide bonds. The normalized spacial score (nSPS) is 12.8. The van der Waals surface area contributed by atoms with E-state index in [1.165, 1.54) is 7.11 Å². The molecule has 1 unspecified atom stereocenters. The number of aromatic nitrogens is 1. The lowest BCUT2D eigenvalue weighted by Crippen LogP contribution is -2.31. The number of hydrogen-bond donors (Lipinski definition) is 1. The van der Waals surface area contributed by atoms with Gasteiger partial charge in [0.1, 0.15) is 31.8 Å². The summed E-state index contributed by atoms with van der Waals surface area (Å²) in [6.07, 6.45) is -6.48. The monoisotopic (exact) mass is 574 g/mol. The van der Waals surface area contributed by atoms with Crippen LogP contribution in [0.25, 0.3) is 10.2 Å². The Morgan fingerprint density at radius 1 is 1.05 bits per heavy atom. The van der Waals surface area contributed by atoms with Gasteiger partial charge in [0, 0.05) is 17.5 Å². The maximum Gasteiger partial charge on any atom is 0.411 e. The van der Waals surface area contributed by atoms with Gasteiger partial charge in [0.25, 0.3) is 0 Å². The number of nitrogens with zero attached hydrogens (tertiary/aromatic N) is 2. The van der Waals surface area contributed by atoms with E-state index >= 15 is 0 Å². The smallest absolute Gasteiger partial charge is 0.411 e. The highest BCUT2D eigenvalue weighted by atomic mass is 32.1. The molecule has 0 spiro atoms. The zero-order valence-electron chi connectivity index (χ0n) is 21.3. The lowest BCUT2D eigenvalue weighted by atomic mass is 10.0. The molecule has 0 saturated carbocycles. The zero-order chi connectivity index (χ0) is 28.7. The number of carboxylic acid groups (broad SMARTS) is 1. The van der Waals surface area contributed by atoms with E-state index in [9.17, 15) is 22.8 Å². The first-order valence-electron chi connectivity index (χ1n) is 12.1. The van der Waals surface area contributed by atoms with Crippen LogP contribution >= 0.6 is 11.3 Å². The fraction of sp³-hybridized carbons (Fsp3) is 0.250. The number of ether oxygens (including phenoxy) is 2. The van der Waals surface area contributed by atoms with Gasteiger partial charge in [0.05, 0.1) is 16.8 Å². The van der Waals surface area contributed by atoms with Crippen LogP contribution in [0.2, 0.25) is 0 Å². The van der Waals surface area contributed by atoms with E-state index in [0.717, 1.165) is 32.7 Å². The predicted molar refractivity (Wildman–Crippen MR) is 144 cm³/mol. The average molecular weight is 575 g/mol. The Labute approximate surface area is 230 Å². The molecule has 1 aromatic heterocycles. The molecule has 0 aliphatic carbocycles. The van der Waals surface area contributed by atoms with E-state index in [-0.39, 0.29) is 24.4 Å². The summed E-state index contributed by atoms with van der Waals surface area (Å²) in [5, 5.41) is 13.3. The molecule has 0 aliphatic rings. The van der Waals surface area contributed by atoms with E-state index in [1.807, 2.05) is 48.5 Å². The minimum Gasteiger partial charge on any atom is -0.492 e. The SMILES string of the molecule is CON=C(c1ccccc1)c1ccc2c(c1)sc(=O)n2CCOc1ccc(CC(OCC(F)(F)F)C(=O)O)cc1. The summed E-state index contributed by atoms with van der Waals surface area (Å²) in [6.45, 7) is -1.18. The summed E-state index contributed by atoms with van der Waals surface area (Å²) in [5.74, 6) is -1.02. The molecule has 0 bridgehead atoms. The molecule has 4 rings (SSSR count). The lowest BCUT2D eigenvalue weighted by molar-refractivity contribution is -0.192. The summed E-state index contributed by atoms with van der Waals surface area (Å²) in [5.41, 5.74) is 3.55. The zero-order valence-corrected chi connectivity index (χ0v) is 22.1. The van der Waals surface area contributed by atoms with E-state index in [0.29, 0.717) is 17.0 Å². The maximum absolute atomic E-state index is 12.7. The van der Waals surface area contributed by atoms with Gasteiger partial charge in [-0.2, -0.15) is 13.2 Å². The van der Waals surface area contributed by atoms with Crippen molar-refractivity contribution in [2.75, 3.05) is 20.3 Å². The second-order valence-electron chi connectivity index (χ2n) is 8.64. The second-order valence-corrected chi connectivity index (χ2v) is 9.63. The van der Waals surface area contributed by atoms with Crippen LogP contribution in [0.5, 0.6) is 5.75 Å². The van der Waals surface area contributed by atoms with Gasteiger partial charge < -0.3 is 19.4 Å². The van der Waals surface area contributed by atoms with Crippen LogP contribution in [0, 0.1) is 0 Å². The fourth-order valence-electron chi connectivity index (χ4n) is 3.99. The summed E-state index contributed by atoms with van der Waals surface area (Å²) >= 11 is 1.11. The molecular weight excluding hydrogens is 549 g/mol. The second kappa shape index (κ2) is 12.8. The largest absolute Gasteiger partial charge is 0.492 e. The van der Waals surface area contributed by atoms with E-state index in [1.54, 1.807) is 28.8 Å². The highest BCUT2D eigenvalue weighted by Gasteiger charge is 2.31. The van der Waals surface area contributed by atoms with Crippen LogP contribution in [0.1, 0.15) is 16.7 Å². The van der Waals surface area contributed by atoms with Crippen molar-refractivity contribution in [2.24, 2.45) is 5.16 Å². The number of hydrogen-bond acceptors (Lipinski definition) is 7. The number of alkyl halides is 3. The number of fused-ring (bicyclic) bond motifs is 1. The van der Waals surface area contributed by atoms with Gasteiger partial charge in [-0.3, -0.25) is 9.36 Å². The lowest BCUT2D eigenvalue weighted by Gasteiger charge is -2.15. The van der Waals surface area contributed by atoms with Crippen molar-refractivity contribution in [1.29, 1.82) is 0 Å². The van der Waals surface area contributed by atoms with Gasteiger partial charge in [-0.1, -0.05) is 65.0 Å². The summed E-state index contributed by atoms with van der Waals surface area (Å²) in [7, 11) is 1.48. The minimum atomic E-state index is -4.62. The molecule has 1 atom stereocenters. The Balaban J connectivity index is 1.40. The topological polar surface area (TPSA) is 99.4 Å². The molecule has 0 aliphatic heterocycles. The molecule has 1 heterocycles. The van der Waals surface area contributed by atoms with Crippen molar-refractivity contribution in [3.63, 3.8) is 0 Å². The van der Waals surface area contributed by atoms with E-state index in [2.05, 4.69) is 9.89 Å². The Hall–Kier alpha value is -4.16. The van der Waals surface area contributed by atoms with Gasteiger partial charge in [0.15, 0.2) is 6.10 Å². The van der Waals surface area contributed by atoms with Gasteiger partial charge in [-0.15, -0.1) is 0 Å². The number of aliphatic carboxylic acids is 1. The molecule has 8 nitrogen and oxygen atoms in total. The standard InChI is InChI=1S/C28H25F3N2O6S/c1-37-32-25(19-5-3-2-4-6-19)20-9-12-22-24(16-20)40-27(36)33(22)13-14-38-21-10-7-18(8-11-21)15-23(26(34)35)39-17-28(29,30)31/h2-12,16,23H,13-15,17H2,1H3,(H,34,35). The molecular formula is C28H25F3N2O6S. The molecule has 0 radical (unpaired) electrons. The quantitative estimate of drug-likeness (QED) is 0.186. The first kappa shape index (κ1) is 28.8. The Morgan fingerprint density at radius 3 is 2.42 bits per heavy atom. The fourth-order valence-corrected chi connectivity index (χ4v) is 4.94. The maximum atomic E-state index is 12.7. The molecule has 3 aromatic carbocycles. The first-order valence-corrected chi connectivity index (χ1v) is 12.9. The third kappa shape index (κ3) is 7.48. The molecule has 40 heavy (non-hydrogen) atoms. The average Bonchev–Trinajstić information content (AvgIpc) is 3.24. The number of carbonyl (C=O) groups is 1. The van der Waals surface area contributed by atoms with Crippen LogP contribution in [-0.2, 0) is 27.3 Å².